The van der Waals surface area contributed by atoms with Gasteiger partial charge in [-0.3, -0.25) is 23.7 Å². The molecule has 4 aromatic carbocycles. The van der Waals surface area contributed by atoms with Crippen molar-refractivity contribution in [1.82, 2.24) is 28.7 Å². The molecule has 4 heterocycles. The normalized spacial score (nSPS) is 11.6. The fourth-order valence-electron chi connectivity index (χ4n) is 5.60. The minimum atomic E-state index is -4.02. The highest BCUT2D eigenvalue weighted by atomic mass is 35.5. The number of para-hydroxylation sites is 1. The molecule has 0 fully saturated rings. The van der Waals surface area contributed by atoms with Crippen LogP contribution in [0.25, 0.3) is 55.3 Å². The van der Waals surface area contributed by atoms with Crippen LogP contribution in [-0.2, 0) is 17.2 Å². The number of hydrogen-bond acceptors (Lipinski definition) is 6. The van der Waals surface area contributed by atoms with Crippen LogP contribution in [0.5, 0.6) is 0 Å². The second-order valence-electron chi connectivity index (χ2n) is 11.2. The molecule has 1 N–H and O–H groups in total. The van der Waals surface area contributed by atoms with Gasteiger partial charge in [0.05, 0.1) is 55.9 Å². The molecule has 0 amide bonds. The summed E-state index contributed by atoms with van der Waals surface area (Å²) < 4.78 is 34.7. The number of aromatic nitrogens is 6. The van der Waals surface area contributed by atoms with Crippen LogP contribution in [0.3, 0.4) is 0 Å². The maximum Gasteiger partial charge on any atom is 0.333 e. The van der Waals surface area contributed by atoms with Gasteiger partial charge >= 0.3 is 5.69 Å². The largest absolute Gasteiger partial charge is 0.333 e. The molecule has 238 valence electrons. The van der Waals surface area contributed by atoms with E-state index in [1.54, 1.807) is 53.1 Å². The van der Waals surface area contributed by atoms with Gasteiger partial charge in [0.25, 0.3) is 10.1 Å². The summed E-state index contributed by atoms with van der Waals surface area (Å²) in [5, 5.41) is 2.46. The van der Waals surface area contributed by atoms with E-state index in [0.717, 1.165) is 55.2 Å². The van der Waals surface area contributed by atoms with Crippen molar-refractivity contribution in [2.45, 2.75) is 11.8 Å². The van der Waals surface area contributed by atoms with E-state index in [1.165, 1.54) is 12.1 Å². The number of rotatable bonds is 4. The Kier molecular flexibility index (Phi) is 7.88. The van der Waals surface area contributed by atoms with E-state index in [-0.39, 0.29) is 10.6 Å². The first-order chi connectivity index (χ1) is 23.1. The standard InChI is InChI=1S/C29H19ClN6O.C7H8O3S/c1-34-27-16-33-25-8-6-18(20-12-19-4-2-3-5-24(19)32-15-20)13-22(25)28(27)36(29(34)37)21-7-9-26(23(30)14-21)35-11-10-31-17-35;1-6-2-4-7(5-3-6)11(8,9)10/h2-17H,1H3;2-5H,1H3,(H,8,9,10). The highest BCUT2D eigenvalue weighted by molar-refractivity contribution is 7.85. The Labute approximate surface area is 279 Å². The highest BCUT2D eigenvalue weighted by Crippen LogP contribution is 2.32. The smallest absolute Gasteiger partial charge is 0.305 e. The van der Waals surface area contributed by atoms with Crippen LogP contribution in [0.2, 0.25) is 5.02 Å². The van der Waals surface area contributed by atoms with E-state index in [2.05, 4.69) is 33.2 Å². The van der Waals surface area contributed by atoms with Gasteiger partial charge in [-0.1, -0.05) is 53.6 Å². The third kappa shape index (κ3) is 5.75. The summed E-state index contributed by atoms with van der Waals surface area (Å²) in [6.07, 6.45) is 8.83. The minimum absolute atomic E-state index is 0.0666. The fourth-order valence-corrected chi connectivity index (χ4v) is 6.35. The van der Waals surface area contributed by atoms with Crippen molar-refractivity contribution in [3.8, 4) is 22.5 Å². The molecule has 0 bridgehead atoms. The fraction of sp³-hybridized carbons (Fsp3) is 0.0556. The summed E-state index contributed by atoms with van der Waals surface area (Å²) in [6.45, 7) is 1.84. The second kappa shape index (κ2) is 12.2. The van der Waals surface area contributed by atoms with Crippen LogP contribution in [-0.4, -0.2) is 41.6 Å². The van der Waals surface area contributed by atoms with Gasteiger partial charge in [0.15, 0.2) is 0 Å². The lowest BCUT2D eigenvalue weighted by molar-refractivity contribution is 0.483. The van der Waals surface area contributed by atoms with Crippen LogP contribution >= 0.6 is 11.6 Å². The Morgan fingerprint density at radius 3 is 2.33 bits per heavy atom. The van der Waals surface area contributed by atoms with E-state index < -0.39 is 10.1 Å². The van der Waals surface area contributed by atoms with Crippen LogP contribution in [0, 0.1) is 6.92 Å². The van der Waals surface area contributed by atoms with Gasteiger partial charge in [-0.2, -0.15) is 8.42 Å². The molecular weight excluding hydrogens is 648 g/mol. The Hall–Kier alpha value is -5.62. The lowest BCUT2D eigenvalue weighted by Crippen LogP contribution is -2.20. The first-order valence-corrected chi connectivity index (χ1v) is 16.6. The Bertz CT molecular complexity index is 2650. The van der Waals surface area contributed by atoms with Crippen molar-refractivity contribution in [2.24, 2.45) is 7.05 Å². The average Bonchev–Trinajstić information content (AvgIpc) is 3.71. The molecule has 0 unspecified atom stereocenters. The zero-order chi connectivity index (χ0) is 33.6. The molecule has 0 aliphatic heterocycles. The van der Waals surface area contributed by atoms with Gasteiger partial charge in [0.1, 0.15) is 0 Å². The summed E-state index contributed by atoms with van der Waals surface area (Å²) in [7, 11) is -2.26. The molecule has 0 radical (unpaired) electrons. The predicted octanol–water partition coefficient (Wildman–Crippen LogP) is 7.17. The Morgan fingerprint density at radius 2 is 1.60 bits per heavy atom. The van der Waals surface area contributed by atoms with Crippen molar-refractivity contribution in [1.29, 1.82) is 0 Å². The van der Waals surface area contributed by atoms with Crippen molar-refractivity contribution in [2.75, 3.05) is 0 Å². The Balaban J connectivity index is 0.000000284. The minimum Gasteiger partial charge on any atom is -0.305 e. The third-order valence-corrected chi connectivity index (χ3v) is 9.27. The molecule has 12 heteroatoms. The molecule has 8 aromatic rings. The number of aryl methyl sites for hydroxylation is 2. The Morgan fingerprint density at radius 1 is 0.833 bits per heavy atom. The van der Waals surface area contributed by atoms with Gasteiger partial charge in [-0.05, 0) is 67.1 Å². The van der Waals surface area contributed by atoms with E-state index >= 15 is 0 Å². The lowest BCUT2D eigenvalue weighted by atomic mass is 10.0. The molecule has 4 aromatic heterocycles. The molecule has 10 nitrogen and oxygen atoms in total. The monoisotopic (exact) mass is 674 g/mol. The van der Waals surface area contributed by atoms with Crippen LogP contribution < -0.4 is 5.69 Å². The number of pyridine rings is 2. The summed E-state index contributed by atoms with van der Waals surface area (Å²) in [5.74, 6) is 0. The van der Waals surface area contributed by atoms with Crippen molar-refractivity contribution >= 4 is 54.6 Å². The average molecular weight is 675 g/mol. The van der Waals surface area contributed by atoms with Crippen molar-refractivity contribution < 1.29 is 13.0 Å². The van der Waals surface area contributed by atoms with E-state index in [9.17, 15) is 13.2 Å². The second-order valence-corrected chi connectivity index (χ2v) is 13.0. The number of nitrogens with zero attached hydrogens (tertiary/aromatic N) is 6. The molecule has 0 saturated heterocycles. The quantitative estimate of drug-likeness (QED) is 0.196. The SMILES string of the molecule is Cc1ccc(S(=O)(=O)O)cc1.Cn1c(=O)n(-c2ccc(-n3ccnc3)c(Cl)c2)c2c3cc(-c4cnc5ccccc5c4)ccc3ncc21. The molecule has 48 heavy (non-hydrogen) atoms. The van der Waals surface area contributed by atoms with Gasteiger partial charge in [0, 0.05) is 42.0 Å². The highest BCUT2D eigenvalue weighted by Gasteiger charge is 2.18. The maximum absolute atomic E-state index is 13.5. The summed E-state index contributed by atoms with van der Waals surface area (Å²) in [6, 6.07) is 27.8. The van der Waals surface area contributed by atoms with Gasteiger partial charge in [-0.15, -0.1) is 0 Å². The van der Waals surface area contributed by atoms with Gasteiger partial charge in [0.2, 0.25) is 0 Å². The van der Waals surface area contributed by atoms with Crippen molar-refractivity contribution in [3.05, 3.63) is 143 Å². The van der Waals surface area contributed by atoms with Gasteiger partial charge < -0.3 is 4.57 Å². The predicted molar refractivity (Wildman–Crippen MR) is 188 cm³/mol. The zero-order valence-electron chi connectivity index (χ0n) is 25.7. The number of hydrogen-bond donors (Lipinski definition) is 1. The molecule has 0 aliphatic carbocycles. The number of fused-ring (bicyclic) bond motifs is 4. The van der Waals surface area contributed by atoms with Gasteiger partial charge in [-0.25, -0.2) is 9.78 Å². The zero-order valence-corrected chi connectivity index (χ0v) is 27.3. The van der Waals surface area contributed by atoms with Crippen LogP contribution in [0.4, 0.5) is 0 Å². The first kappa shape index (κ1) is 31.0. The van der Waals surface area contributed by atoms with Crippen molar-refractivity contribution in [3.63, 3.8) is 0 Å². The molecule has 8 rings (SSSR count). The van der Waals surface area contributed by atoms with E-state index in [0.29, 0.717) is 10.7 Å². The summed E-state index contributed by atoms with van der Waals surface area (Å²) >= 11 is 6.66. The topological polar surface area (TPSA) is 125 Å². The van der Waals surface area contributed by atoms with Crippen LogP contribution in [0.1, 0.15) is 5.56 Å². The van der Waals surface area contributed by atoms with E-state index in [1.807, 2.05) is 66.3 Å². The molecule has 0 spiro atoms. The number of benzene rings is 4. The molecule has 0 atom stereocenters. The maximum atomic E-state index is 13.5. The van der Waals surface area contributed by atoms with E-state index in [4.69, 9.17) is 16.2 Å². The molecule has 0 aliphatic rings. The number of imidazole rings is 2. The summed E-state index contributed by atoms with van der Waals surface area (Å²) in [4.78, 5) is 26.8. The van der Waals surface area contributed by atoms with Crippen LogP contribution in [0.15, 0.2) is 132 Å². The summed E-state index contributed by atoms with van der Waals surface area (Å²) in [5.41, 5.74) is 7.50. The lowest BCUT2D eigenvalue weighted by Gasteiger charge is -2.11. The third-order valence-electron chi connectivity index (χ3n) is 8.10. The molecule has 0 saturated carbocycles. The number of halogens is 1. The molecular formula is C36H27ClN6O4S. The first-order valence-electron chi connectivity index (χ1n) is 14.8.